The zero-order chi connectivity index (χ0) is 15.2. The predicted octanol–water partition coefficient (Wildman–Crippen LogP) is 4.49. The summed E-state index contributed by atoms with van der Waals surface area (Å²) in [5.41, 5.74) is 2.82. The highest BCUT2D eigenvalue weighted by molar-refractivity contribution is 5.25. The summed E-state index contributed by atoms with van der Waals surface area (Å²) < 4.78 is 5.76. The molecule has 0 saturated heterocycles. The second-order valence-corrected chi connectivity index (χ2v) is 6.80. The van der Waals surface area contributed by atoms with Crippen molar-refractivity contribution in [3.63, 3.8) is 0 Å². The Balaban J connectivity index is 2.49. The van der Waals surface area contributed by atoms with Crippen LogP contribution < -0.4 is 5.32 Å². The first-order valence-corrected chi connectivity index (χ1v) is 7.77. The maximum Gasteiger partial charge on any atom is 0.0720 e. The second kappa shape index (κ2) is 7.80. The molecule has 0 fully saturated rings. The van der Waals surface area contributed by atoms with Crippen LogP contribution in [0.5, 0.6) is 0 Å². The smallest absolute Gasteiger partial charge is 0.0720 e. The van der Waals surface area contributed by atoms with Crippen LogP contribution in [0.2, 0.25) is 0 Å². The van der Waals surface area contributed by atoms with Gasteiger partial charge in [-0.25, -0.2) is 0 Å². The molecule has 1 aromatic carbocycles. The van der Waals surface area contributed by atoms with Crippen molar-refractivity contribution in [1.82, 2.24) is 5.32 Å². The Labute approximate surface area is 124 Å². The van der Waals surface area contributed by atoms with Gasteiger partial charge in [0.2, 0.25) is 0 Å². The van der Waals surface area contributed by atoms with E-state index in [0.29, 0.717) is 18.6 Å². The first-order chi connectivity index (χ1) is 9.31. The molecule has 0 aromatic heterocycles. The van der Waals surface area contributed by atoms with Gasteiger partial charge in [0, 0.05) is 12.1 Å². The van der Waals surface area contributed by atoms with Gasteiger partial charge in [0.05, 0.1) is 12.7 Å². The van der Waals surface area contributed by atoms with E-state index in [0.717, 1.165) is 13.0 Å². The van der Waals surface area contributed by atoms with Crippen molar-refractivity contribution < 1.29 is 4.74 Å². The fourth-order valence-electron chi connectivity index (χ4n) is 1.88. The van der Waals surface area contributed by atoms with Crippen molar-refractivity contribution >= 4 is 0 Å². The summed E-state index contributed by atoms with van der Waals surface area (Å²) in [6, 6.07) is 8.82. The number of benzene rings is 1. The van der Waals surface area contributed by atoms with E-state index in [4.69, 9.17) is 4.74 Å². The van der Waals surface area contributed by atoms with E-state index in [2.05, 4.69) is 71.1 Å². The molecule has 2 heteroatoms. The first kappa shape index (κ1) is 17.2. The summed E-state index contributed by atoms with van der Waals surface area (Å²) in [6.45, 7) is 14.9. The van der Waals surface area contributed by atoms with Crippen LogP contribution in [0.1, 0.15) is 65.0 Å². The molecule has 20 heavy (non-hydrogen) atoms. The number of rotatable bonds is 7. The van der Waals surface area contributed by atoms with Gasteiger partial charge in [-0.15, -0.1) is 0 Å². The van der Waals surface area contributed by atoms with Crippen LogP contribution in [0.25, 0.3) is 0 Å². The normalized spacial score (nSPS) is 15.1. The summed E-state index contributed by atoms with van der Waals surface area (Å²) in [6.07, 6.45) is 1.40. The molecule has 0 spiro atoms. The molecule has 1 aromatic rings. The maximum absolute atomic E-state index is 5.76. The SMILES string of the molecule is CCC(C)OCc1ccc(C(C)CNC(C)(C)C)cc1. The average molecular weight is 277 g/mol. The third-order valence-electron chi connectivity index (χ3n) is 3.60. The van der Waals surface area contributed by atoms with E-state index in [9.17, 15) is 0 Å². The summed E-state index contributed by atoms with van der Waals surface area (Å²) in [4.78, 5) is 0. The Morgan fingerprint density at radius 3 is 2.20 bits per heavy atom. The molecule has 0 aliphatic carbocycles. The predicted molar refractivity (Wildman–Crippen MR) is 87.2 cm³/mol. The van der Waals surface area contributed by atoms with Gasteiger partial charge >= 0.3 is 0 Å². The third-order valence-corrected chi connectivity index (χ3v) is 3.60. The molecular weight excluding hydrogens is 246 g/mol. The van der Waals surface area contributed by atoms with Crippen molar-refractivity contribution in [2.45, 2.75) is 72.1 Å². The van der Waals surface area contributed by atoms with Crippen LogP contribution in [-0.4, -0.2) is 18.2 Å². The fourth-order valence-corrected chi connectivity index (χ4v) is 1.88. The molecule has 0 radical (unpaired) electrons. The molecule has 2 atom stereocenters. The van der Waals surface area contributed by atoms with Crippen molar-refractivity contribution in [3.8, 4) is 0 Å². The Kier molecular flexibility index (Phi) is 6.70. The number of ether oxygens (including phenoxy) is 1. The van der Waals surface area contributed by atoms with Crippen LogP contribution in [0, 0.1) is 0 Å². The van der Waals surface area contributed by atoms with Crippen LogP contribution in [0.3, 0.4) is 0 Å². The van der Waals surface area contributed by atoms with Crippen LogP contribution in [0.15, 0.2) is 24.3 Å². The number of nitrogens with one attached hydrogen (secondary N) is 1. The fraction of sp³-hybridized carbons (Fsp3) is 0.667. The Morgan fingerprint density at radius 2 is 1.70 bits per heavy atom. The highest BCUT2D eigenvalue weighted by Gasteiger charge is 2.12. The van der Waals surface area contributed by atoms with E-state index in [1.165, 1.54) is 11.1 Å². The Bertz CT molecular complexity index is 377. The minimum absolute atomic E-state index is 0.179. The van der Waals surface area contributed by atoms with Crippen molar-refractivity contribution in [2.75, 3.05) is 6.54 Å². The van der Waals surface area contributed by atoms with Gasteiger partial charge in [0.1, 0.15) is 0 Å². The van der Waals surface area contributed by atoms with E-state index in [-0.39, 0.29) is 5.54 Å². The van der Waals surface area contributed by atoms with Gasteiger partial charge in [0.25, 0.3) is 0 Å². The largest absolute Gasteiger partial charge is 0.374 e. The molecule has 0 aliphatic rings. The van der Waals surface area contributed by atoms with Crippen molar-refractivity contribution in [2.24, 2.45) is 0 Å². The van der Waals surface area contributed by atoms with E-state index in [1.807, 2.05) is 0 Å². The first-order valence-electron chi connectivity index (χ1n) is 7.77. The van der Waals surface area contributed by atoms with E-state index in [1.54, 1.807) is 0 Å². The third kappa shape index (κ3) is 6.53. The number of hydrogen-bond acceptors (Lipinski definition) is 2. The molecule has 0 saturated carbocycles. The molecule has 0 aliphatic heterocycles. The number of hydrogen-bond donors (Lipinski definition) is 1. The van der Waals surface area contributed by atoms with Crippen LogP contribution in [-0.2, 0) is 11.3 Å². The zero-order valence-electron chi connectivity index (χ0n) is 14.0. The molecule has 0 amide bonds. The lowest BCUT2D eigenvalue weighted by molar-refractivity contribution is 0.0508. The van der Waals surface area contributed by atoms with Gasteiger partial charge in [0.15, 0.2) is 0 Å². The maximum atomic E-state index is 5.76. The lowest BCUT2D eigenvalue weighted by atomic mass is 9.98. The van der Waals surface area contributed by atoms with Gasteiger partial charge in [-0.3, -0.25) is 0 Å². The second-order valence-electron chi connectivity index (χ2n) is 6.80. The molecular formula is C18H31NO. The highest BCUT2D eigenvalue weighted by Crippen LogP contribution is 2.17. The van der Waals surface area contributed by atoms with Crippen molar-refractivity contribution in [1.29, 1.82) is 0 Å². The van der Waals surface area contributed by atoms with Gasteiger partial charge < -0.3 is 10.1 Å². The molecule has 1 rings (SSSR count). The van der Waals surface area contributed by atoms with Gasteiger partial charge in [-0.1, -0.05) is 38.1 Å². The lowest BCUT2D eigenvalue weighted by Gasteiger charge is -2.23. The molecule has 2 nitrogen and oxygen atoms in total. The van der Waals surface area contributed by atoms with Gasteiger partial charge in [-0.05, 0) is 51.2 Å². The van der Waals surface area contributed by atoms with Crippen LogP contribution in [0.4, 0.5) is 0 Å². The monoisotopic (exact) mass is 277 g/mol. The minimum atomic E-state index is 0.179. The summed E-state index contributed by atoms with van der Waals surface area (Å²) in [5, 5.41) is 3.56. The molecule has 1 N–H and O–H groups in total. The van der Waals surface area contributed by atoms with E-state index >= 15 is 0 Å². The topological polar surface area (TPSA) is 21.3 Å². The lowest BCUT2D eigenvalue weighted by Crippen LogP contribution is -2.38. The van der Waals surface area contributed by atoms with Crippen LogP contribution >= 0.6 is 0 Å². The summed E-state index contributed by atoms with van der Waals surface area (Å²) in [5.74, 6) is 0.527. The van der Waals surface area contributed by atoms with Crippen molar-refractivity contribution in [3.05, 3.63) is 35.4 Å². The molecule has 114 valence electrons. The molecule has 2 unspecified atom stereocenters. The molecule has 0 bridgehead atoms. The molecule has 0 heterocycles. The highest BCUT2D eigenvalue weighted by atomic mass is 16.5. The van der Waals surface area contributed by atoms with Gasteiger partial charge in [-0.2, -0.15) is 0 Å². The van der Waals surface area contributed by atoms with E-state index < -0.39 is 0 Å². The summed E-state index contributed by atoms with van der Waals surface area (Å²) in [7, 11) is 0. The quantitative estimate of drug-likeness (QED) is 0.792. The Morgan fingerprint density at radius 1 is 1.10 bits per heavy atom. The zero-order valence-corrected chi connectivity index (χ0v) is 14.0. The minimum Gasteiger partial charge on any atom is -0.374 e. The standard InChI is InChI=1S/C18H31NO/c1-7-15(3)20-13-16-8-10-17(11-9-16)14(2)12-19-18(4,5)6/h8-11,14-15,19H,7,12-13H2,1-6H3. The Hall–Kier alpha value is -0.860. The summed E-state index contributed by atoms with van der Waals surface area (Å²) >= 11 is 0. The average Bonchev–Trinajstić information content (AvgIpc) is 2.41.